The molecule has 0 aliphatic rings. The van der Waals surface area contributed by atoms with Gasteiger partial charge >= 0.3 is 6.18 Å². The minimum Gasteiger partial charge on any atom is -0.310 e. The normalized spacial score (nSPS) is 11.4. The number of halogens is 3. The summed E-state index contributed by atoms with van der Waals surface area (Å²) in [6.07, 6.45) is -4.68. The van der Waals surface area contributed by atoms with Crippen LogP contribution in [0.15, 0.2) is 115 Å². The van der Waals surface area contributed by atoms with E-state index in [2.05, 4.69) is 21.8 Å². The molecule has 0 aliphatic heterocycles. The van der Waals surface area contributed by atoms with Gasteiger partial charge in [-0.05, 0) is 54.1 Å². The summed E-state index contributed by atoms with van der Waals surface area (Å²) in [6.45, 7) is 15.8. The third-order valence-electron chi connectivity index (χ3n) is 9.01. The second-order valence-electron chi connectivity index (χ2n) is 11.7. The lowest BCUT2D eigenvalue weighted by Gasteiger charge is -2.22. The van der Waals surface area contributed by atoms with Crippen molar-refractivity contribution >= 4 is 55.0 Å². The Balaban J connectivity index is 1.63. The number of fused-ring (bicyclic) bond motifs is 6. The Hall–Kier alpha value is -7.33. The van der Waals surface area contributed by atoms with Crippen molar-refractivity contribution in [2.24, 2.45) is 0 Å². The van der Waals surface area contributed by atoms with E-state index >= 15 is 0 Å². The zero-order chi connectivity index (χ0) is 34.7. The lowest BCUT2D eigenvalue weighted by atomic mass is 9.95. The number of nitrogens with zero attached hydrogens (tertiary/aromatic N) is 6. The molecule has 2 aromatic heterocycles. The van der Waals surface area contributed by atoms with E-state index in [1.807, 2.05) is 69.8 Å². The third kappa shape index (κ3) is 4.47. The molecule has 0 atom stereocenters. The van der Waals surface area contributed by atoms with Crippen LogP contribution in [0.2, 0.25) is 0 Å². The van der Waals surface area contributed by atoms with Crippen LogP contribution in [-0.2, 0) is 6.18 Å². The average molecular weight is 653 g/mol. The first-order chi connectivity index (χ1) is 24.2. The highest BCUT2D eigenvalue weighted by atomic mass is 19.4. The third-order valence-corrected chi connectivity index (χ3v) is 9.01. The summed E-state index contributed by atoms with van der Waals surface area (Å²) in [5.74, 6) is 0. The molecule has 50 heavy (non-hydrogen) atoms. The summed E-state index contributed by atoms with van der Waals surface area (Å²) in [6, 6.07) is 36.7. The number of hydrogen-bond donors (Lipinski definition) is 0. The molecule has 8 aromatic rings. The van der Waals surface area contributed by atoms with Gasteiger partial charge in [0.05, 0.1) is 64.3 Å². The molecule has 0 N–H and O–H groups in total. The van der Waals surface area contributed by atoms with E-state index < -0.39 is 11.7 Å². The van der Waals surface area contributed by atoms with Crippen molar-refractivity contribution in [3.63, 3.8) is 0 Å². The fourth-order valence-corrected chi connectivity index (χ4v) is 6.90. The van der Waals surface area contributed by atoms with Crippen LogP contribution >= 0.6 is 0 Å². The highest BCUT2D eigenvalue weighted by molar-refractivity contribution is 6.13. The summed E-state index contributed by atoms with van der Waals surface area (Å²) in [4.78, 5) is 7.25. The molecule has 0 unspecified atom stereocenters. The number of benzene rings is 6. The average Bonchev–Trinajstić information content (AvgIpc) is 3.65. The molecule has 0 radical (unpaired) electrons. The summed E-state index contributed by atoms with van der Waals surface area (Å²) in [5.41, 5.74) is 4.06. The molecule has 8 rings (SSSR count). The van der Waals surface area contributed by atoms with E-state index in [4.69, 9.17) is 13.1 Å². The number of aromatic nitrogens is 2. The number of alkyl halides is 3. The molecular formula is C41H19F3N6. The van der Waals surface area contributed by atoms with Crippen molar-refractivity contribution in [1.82, 2.24) is 9.13 Å². The standard InChI is InChI=1S/C41H19F3N6/c1-47-27-13-16-31-29-8-4-6-10-35(29)50(37(31)21-27)39-19-25(23-46)18-38(40(39)32-15-12-26(41(42,43)44)20-33(32)48-2)49-34-9-5-3-7-28(34)30-14-11-24(22-45)17-36(30)49/h3-21H. The smallest absolute Gasteiger partial charge is 0.310 e. The molecule has 6 aromatic carbocycles. The minimum atomic E-state index is -4.68. The molecular weight excluding hydrogens is 633 g/mol. The van der Waals surface area contributed by atoms with Crippen molar-refractivity contribution in [2.45, 2.75) is 6.18 Å². The van der Waals surface area contributed by atoms with Gasteiger partial charge in [-0.2, -0.15) is 23.7 Å². The summed E-state index contributed by atoms with van der Waals surface area (Å²) < 4.78 is 45.8. The Labute approximate surface area is 282 Å². The maximum atomic E-state index is 14.0. The quantitative estimate of drug-likeness (QED) is 0.178. The largest absolute Gasteiger partial charge is 0.415 e. The van der Waals surface area contributed by atoms with Gasteiger partial charge in [0.15, 0.2) is 11.4 Å². The number of nitriles is 2. The van der Waals surface area contributed by atoms with Crippen LogP contribution in [0.5, 0.6) is 0 Å². The predicted molar refractivity (Wildman–Crippen MR) is 188 cm³/mol. The Kier molecular flexibility index (Phi) is 6.69. The second-order valence-corrected chi connectivity index (χ2v) is 11.7. The van der Waals surface area contributed by atoms with Gasteiger partial charge in [-0.3, -0.25) is 0 Å². The highest BCUT2D eigenvalue weighted by Crippen LogP contribution is 2.46. The van der Waals surface area contributed by atoms with Gasteiger partial charge in [-0.25, -0.2) is 9.69 Å². The first-order valence-electron chi connectivity index (χ1n) is 15.3. The van der Waals surface area contributed by atoms with Gasteiger partial charge in [0.2, 0.25) is 0 Å². The SMILES string of the molecule is [C-]#[N+]c1ccc2c3ccccc3n(-c3cc(C#N)cc(-n4c5ccccc5c5ccc(C#N)cc54)c3-c3ccc(C(F)(F)F)cc3[N+]#[C-])c2c1. The van der Waals surface area contributed by atoms with Crippen LogP contribution in [0.1, 0.15) is 16.7 Å². The number of rotatable bonds is 3. The maximum Gasteiger partial charge on any atom is 0.415 e. The molecule has 0 bridgehead atoms. The zero-order valence-corrected chi connectivity index (χ0v) is 25.8. The van der Waals surface area contributed by atoms with Gasteiger partial charge in [-0.1, -0.05) is 66.7 Å². The fraction of sp³-hybridized carbons (Fsp3) is 0.0244. The molecule has 0 saturated heterocycles. The molecule has 0 fully saturated rings. The van der Waals surface area contributed by atoms with Crippen molar-refractivity contribution < 1.29 is 13.2 Å². The molecule has 234 valence electrons. The summed E-state index contributed by atoms with van der Waals surface area (Å²) in [5, 5.41) is 23.7. The monoisotopic (exact) mass is 652 g/mol. The Morgan fingerprint density at radius 1 is 0.560 bits per heavy atom. The first kappa shape index (κ1) is 30.0. The Morgan fingerprint density at radius 2 is 1.12 bits per heavy atom. The molecule has 0 spiro atoms. The van der Waals surface area contributed by atoms with Gasteiger partial charge in [0, 0.05) is 38.2 Å². The minimum absolute atomic E-state index is 0.220. The van der Waals surface area contributed by atoms with Crippen LogP contribution in [-0.4, -0.2) is 9.13 Å². The molecule has 6 nitrogen and oxygen atoms in total. The molecule has 9 heteroatoms. The summed E-state index contributed by atoms with van der Waals surface area (Å²) in [7, 11) is 0. The van der Waals surface area contributed by atoms with Crippen LogP contribution in [0.25, 0.3) is 75.8 Å². The molecule has 0 aliphatic carbocycles. The predicted octanol–water partition coefficient (Wildman–Crippen LogP) is 11.4. The van der Waals surface area contributed by atoms with E-state index in [9.17, 15) is 23.7 Å². The first-order valence-corrected chi connectivity index (χ1v) is 15.3. The number of para-hydroxylation sites is 2. The summed E-state index contributed by atoms with van der Waals surface area (Å²) >= 11 is 0. The topological polar surface area (TPSA) is 66.2 Å². The lowest BCUT2D eigenvalue weighted by Crippen LogP contribution is -2.07. The van der Waals surface area contributed by atoms with Crippen molar-refractivity contribution in [1.29, 1.82) is 10.5 Å². The van der Waals surface area contributed by atoms with Crippen molar-refractivity contribution in [3.05, 3.63) is 155 Å². The van der Waals surface area contributed by atoms with Gasteiger partial charge < -0.3 is 9.13 Å². The fourth-order valence-electron chi connectivity index (χ4n) is 6.90. The van der Waals surface area contributed by atoms with Crippen LogP contribution < -0.4 is 0 Å². The highest BCUT2D eigenvalue weighted by Gasteiger charge is 2.32. The van der Waals surface area contributed by atoms with E-state index in [1.54, 1.807) is 36.4 Å². The molecule has 2 heterocycles. The van der Waals surface area contributed by atoms with Gasteiger partial charge in [0.25, 0.3) is 0 Å². The van der Waals surface area contributed by atoms with E-state index in [0.29, 0.717) is 39.2 Å². The van der Waals surface area contributed by atoms with E-state index in [-0.39, 0.29) is 16.8 Å². The molecule has 0 saturated carbocycles. The lowest BCUT2D eigenvalue weighted by molar-refractivity contribution is -0.137. The maximum absolute atomic E-state index is 14.0. The van der Waals surface area contributed by atoms with E-state index in [1.165, 1.54) is 6.07 Å². The second kappa shape index (κ2) is 11.1. The van der Waals surface area contributed by atoms with Gasteiger partial charge in [-0.15, -0.1) is 0 Å². The van der Waals surface area contributed by atoms with Crippen LogP contribution in [0.3, 0.4) is 0 Å². The zero-order valence-electron chi connectivity index (χ0n) is 25.8. The Bertz CT molecular complexity index is 2760. The van der Waals surface area contributed by atoms with Crippen molar-refractivity contribution in [2.75, 3.05) is 0 Å². The van der Waals surface area contributed by atoms with Crippen molar-refractivity contribution in [3.8, 4) is 34.6 Å². The number of hydrogen-bond acceptors (Lipinski definition) is 2. The molecule has 0 amide bonds. The van der Waals surface area contributed by atoms with Crippen LogP contribution in [0.4, 0.5) is 24.5 Å². The van der Waals surface area contributed by atoms with E-state index in [0.717, 1.165) is 44.7 Å². The van der Waals surface area contributed by atoms with Gasteiger partial charge in [0.1, 0.15) is 0 Å². The Morgan fingerprint density at radius 3 is 1.68 bits per heavy atom. The van der Waals surface area contributed by atoms with Crippen LogP contribution in [0, 0.1) is 35.8 Å².